The standard InChI is InChI=1S/C23H44O4/c1-15(2)11-19(21(24)26-13-16(3)4)20(12-23(9,10)18(7)8)22(25)27-14-17(5)6/h15-20H,11-14H2,1-10H3. The number of esters is 2. The maximum absolute atomic E-state index is 13.0. The molecule has 0 aromatic heterocycles. The molecule has 0 amide bonds. The van der Waals surface area contributed by atoms with Gasteiger partial charge < -0.3 is 9.47 Å². The van der Waals surface area contributed by atoms with Crippen molar-refractivity contribution in [1.82, 2.24) is 0 Å². The summed E-state index contributed by atoms with van der Waals surface area (Å²) in [7, 11) is 0. The zero-order chi connectivity index (χ0) is 21.4. The first-order chi connectivity index (χ1) is 12.3. The molecule has 0 rings (SSSR count). The van der Waals surface area contributed by atoms with Gasteiger partial charge in [-0.1, -0.05) is 69.2 Å². The van der Waals surface area contributed by atoms with Gasteiger partial charge in [0.15, 0.2) is 0 Å². The normalized spacial score (nSPS) is 14.7. The van der Waals surface area contributed by atoms with Gasteiger partial charge in [0, 0.05) is 0 Å². The zero-order valence-electron chi connectivity index (χ0n) is 19.4. The van der Waals surface area contributed by atoms with Crippen molar-refractivity contribution in [3.05, 3.63) is 0 Å². The van der Waals surface area contributed by atoms with Gasteiger partial charge in [-0.2, -0.15) is 0 Å². The summed E-state index contributed by atoms with van der Waals surface area (Å²) >= 11 is 0. The van der Waals surface area contributed by atoms with Crippen LogP contribution in [0.3, 0.4) is 0 Å². The monoisotopic (exact) mass is 384 g/mol. The molecular weight excluding hydrogens is 340 g/mol. The average Bonchev–Trinajstić information content (AvgIpc) is 2.52. The lowest BCUT2D eigenvalue weighted by molar-refractivity contribution is -0.164. The second-order valence-corrected chi connectivity index (χ2v) is 10.2. The molecule has 0 aromatic rings. The Morgan fingerprint density at radius 3 is 1.44 bits per heavy atom. The van der Waals surface area contributed by atoms with Crippen molar-refractivity contribution >= 4 is 11.9 Å². The highest BCUT2D eigenvalue weighted by molar-refractivity contribution is 5.82. The van der Waals surface area contributed by atoms with Crippen LogP contribution in [0.5, 0.6) is 0 Å². The minimum atomic E-state index is -0.469. The molecule has 0 heterocycles. The molecule has 0 saturated heterocycles. The summed E-state index contributed by atoms with van der Waals surface area (Å²) in [6.07, 6.45) is 1.25. The van der Waals surface area contributed by atoms with Crippen molar-refractivity contribution < 1.29 is 19.1 Å². The van der Waals surface area contributed by atoms with E-state index in [0.29, 0.717) is 37.9 Å². The largest absolute Gasteiger partial charge is 0.465 e. The lowest BCUT2D eigenvalue weighted by Gasteiger charge is -2.35. The molecule has 0 aliphatic rings. The van der Waals surface area contributed by atoms with E-state index in [9.17, 15) is 9.59 Å². The predicted octanol–water partition coefficient (Wildman–Crippen LogP) is 5.74. The van der Waals surface area contributed by atoms with Gasteiger partial charge in [0.25, 0.3) is 0 Å². The van der Waals surface area contributed by atoms with Crippen LogP contribution in [0.1, 0.15) is 82.1 Å². The molecule has 0 spiro atoms. The second-order valence-electron chi connectivity index (χ2n) is 10.2. The van der Waals surface area contributed by atoms with Gasteiger partial charge in [0.2, 0.25) is 0 Å². The zero-order valence-corrected chi connectivity index (χ0v) is 19.4. The summed E-state index contributed by atoms with van der Waals surface area (Å²) in [5, 5.41) is 0. The van der Waals surface area contributed by atoms with E-state index in [1.165, 1.54) is 0 Å². The molecule has 2 atom stereocenters. The van der Waals surface area contributed by atoms with E-state index >= 15 is 0 Å². The van der Waals surface area contributed by atoms with Gasteiger partial charge in [-0.3, -0.25) is 9.59 Å². The van der Waals surface area contributed by atoms with Crippen LogP contribution in [-0.4, -0.2) is 25.2 Å². The Morgan fingerprint density at radius 2 is 1.11 bits per heavy atom. The molecular formula is C23H44O4. The SMILES string of the molecule is CC(C)COC(=O)C(CC(C)C)C(CC(C)(C)C(C)C)C(=O)OCC(C)C. The summed E-state index contributed by atoms with van der Waals surface area (Å²) in [5.41, 5.74) is -0.0743. The van der Waals surface area contributed by atoms with Gasteiger partial charge in [-0.25, -0.2) is 0 Å². The summed E-state index contributed by atoms with van der Waals surface area (Å²) < 4.78 is 11.1. The number of carbonyl (C=O) groups excluding carboxylic acids is 2. The summed E-state index contributed by atoms with van der Waals surface area (Å²) in [6.45, 7) is 21.6. The Morgan fingerprint density at radius 1 is 0.704 bits per heavy atom. The third-order valence-electron chi connectivity index (χ3n) is 5.24. The molecule has 2 unspecified atom stereocenters. The molecule has 0 aliphatic heterocycles. The first kappa shape index (κ1) is 25.9. The van der Waals surface area contributed by atoms with Gasteiger partial charge in [-0.05, 0) is 41.9 Å². The van der Waals surface area contributed by atoms with Crippen LogP contribution in [0.15, 0.2) is 0 Å². The van der Waals surface area contributed by atoms with Crippen molar-refractivity contribution in [3.63, 3.8) is 0 Å². The van der Waals surface area contributed by atoms with E-state index in [2.05, 4.69) is 41.5 Å². The highest BCUT2D eigenvalue weighted by atomic mass is 16.5. The molecule has 0 radical (unpaired) electrons. The highest BCUT2D eigenvalue weighted by Gasteiger charge is 2.40. The number of hydrogen-bond acceptors (Lipinski definition) is 4. The van der Waals surface area contributed by atoms with Crippen LogP contribution < -0.4 is 0 Å². The molecule has 0 aromatic carbocycles. The Hall–Kier alpha value is -1.06. The Balaban J connectivity index is 5.65. The third kappa shape index (κ3) is 10.2. The predicted molar refractivity (Wildman–Crippen MR) is 111 cm³/mol. The Labute approximate surface area is 167 Å². The first-order valence-electron chi connectivity index (χ1n) is 10.6. The maximum atomic E-state index is 13.0. The summed E-state index contributed by atoms with van der Waals surface area (Å²) in [5.74, 6) is -0.220. The molecule has 160 valence electrons. The fraction of sp³-hybridized carbons (Fsp3) is 0.913. The number of ether oxygens (including phenoxy) is 2. The van der Waals surface area contributed by atoms with Crippen LogP contribution in [-0.2, 0) is 19.1 Å². The van der Waals surface area contributed by atoms with Crippen LogP contribution >= 0.6 is 0 Å². The number of rotatable bonds is 12. The van der Waals surface area contributed by atoms with Crippen LogP contribution in [0, 0.1) is 40.9 Å². The van der Waals surface area contributed by atoms with Crippen LogP contribution in [0.25, 0.3) is 0 Å². The molecule has 0 fully saturated rings. The molecule has 0 N–H and O–H groups in total. The molecule has 27 heavy (non-hydrogen) atoms. The third-order valence-corrected chi connectivity index (χ3v) is 5.24. The molecule has 0 bridgehead atoms. The van der Waals surface area contributed by atoms with E-state index < -0.39 is 11.8 Å². The lowest BCUT2D eigenvalue weighted by atomic mass is 9.70. The van der Waals surface area contributed by atoms with Crippen molar-refractivity contribution in [2.45, 2.75) is 82.1 Å². The van der Waals surface area contributed by atoms with Crippen molar-refractivity contribution in [1.29, 1.82) is 0 Å². The minimum absolute atomic E-state index is 0.0743. The van der Waals surface area contributed by atoms with E-state index in [1.807, 2.05) is 27.7 Å². The van der Waals surface area contributed by atoms with E-state index in [1.54, 1.807) is 0 Å². The van der Waals surface area contributed by atoms with Crippen molar-refractivity contribution in [3.8, 4) is 0 Å². The summed E-state index contributed by atoms with van der Waals surface area (Å²) in [4.78, 5) is 25.9. The molecule has 0 saturated carbocycles. The lowest BCUT2D eigenvalue weighted by Crippen LogP contribution is -2.38. The van der Waals surface area contributed by atoms with Gasteiger partial charge in [0.05, 0.1) is 25.0 Å². The summed E-state index contributed by atoms with van der Waals surface area (Å²) in [6, 6.07) is 0. The smallest absolute Gasteiger partial charge is 0.309 e. The quantitative estimate of drug-likeness (QED) is 0.403. The highest BCUT2D eigenvalue weighted by Crippen LogP contribution is 2.38. The fourth-order valence-corrected chi connectivity index (χ4v) is 2.84. The topological polar surface area (TPSA) is 52.6 Å². The minimum Gasteiger partial charge on any atom is -0.465 e. The Bertz CT molecular complexity index is 449. The number of carbonyl (C=O) groups is 2. The fourth-order valence-electron chi connectivity index (χ4n) is 2.84. The van der Waals surface area contributed by atoms with Gasteiger partial charge in [-0.15, -0.1) is 0 Å². The van der Waals surface area contributed by atoms with Crippen LogP contribution in [0.4, 0.5) is 0 Å². The maximum Gasteiger partial charge on any atom is 0.309 e. The second kappa shape index (κ2) is 11.7. The van der Waals surface area contributed by atoms with E-state index in [0.717, 1.165) is 0 Å². The van der Waals surface area contributed by atoms with Gasteiger partial charge in [0.1, 0.15) is 0 Å². The van der Waals surface area contributed by atoms with E-state index in [4.69, 9.17) is 9.47 Å². The molecule has 0 aliphatic carbocycles. The number of hydrogen-bond donors (Lipinski definition) is 0. The Kier molecular flexibility index (Phi) is 11.2. The van der Waals surface area contributed by atoms with Crippen molar-refractivity contribution in [2.24, 2.45) is 40.9 Å². The van der Waals surface area contributed by atoms with Gasteiger partial charge >= 0.3 is 11.9 Å². The molecule has 4 heteroatoms. The molecule has 4 nitrogen and oxygen atoms in total. The average molecular weight is 385 g/mol. The van der Waals surface area contributed by atoms with Crippen LogP contribution in [0.2, 0.25) is 0 Å². The van der Waals surface area contributed by atoms with E-state index in [-0.39, 0.29) is 29.2 Å². The first-order valence-corrected chi connectivity index (χ1v) is 10.6. The van der Waals surface area contributed by atoms with Crippen molar-refractivity contribution in [2.75, 3.05) is 13.2 Å².